The zero-order valence-corrected chi connectivity index (χ0v) is 45.5. The third-order valence-electron chi connectivity index (χ3n) is 13.9. The van der Waals surface area contributed by atoms with Crippen LogP contribution in [0.2, 0.25) is 0 Å². The van der Waals surface area contributed by atoms with E-state index in [9.17, 15) is 38.4 Å². The largest absolute Gasteiger partial charge is 0.493 e. The Morgan fingerprint density at radius 1 is 0.753 bits per heavy atom. The summed E-state index contributed by atoms with van der Waals surface area (Å²) in [5, 5.41) is 10.6. The molecule has 5 aromatic carbocycles. The number of methoxy groups -OCH3 is 2. The molecular formula is C60H63N9O12. The Balaban J connectivity index is 0.927. The van der Waals surface area contributed by atoms with Crippen LogP contribution in [0, 0.1) is 0 Å². The third-order valence-corrected chi connectivity index (χ3v) is 13.9. The number of anilines is 3. The lowest BCUT2D eigenvalue weighted by Crippen LogP contribution is -2.45. The van der Waals surface area contributed by atoms with E-state index < -0.39 is 42.1 Å². The summed E-state index contributed by atoms with van der Waals surface area (Å²) in [6.45, 7) is 5.33. The maximum atomic E-state index is 14.0. The Morgan fingerprint density at radius 2 is 1.37 bits per heavy atom. The van der Waals surface area contributed by atoms with Crippen molar-refractivity contribution in [2.75, 3.05) is 62.6 Å². The summed E-state index contributed by atoms with van der Waals surface area (Å²) < 4.78 is 24.1. The Morgan fingerprint density at radius 3 is 2.01 bits per heavy atom. The Hall–Kier alpha value is -9.66. The van der Waals surface area contributed by atoms with Gasteiger partial charge in [0.15, 0.2) is 29.3 Å². The first-order chi connectivity index (χ1) is 39.2. The molecule has 0 spiro atoms. The third kappa shape index (κ3) is 14.3. The van der Waals surface area contributed by atoms with Crippen LogP contribution in [-0.4, -0.2) is 125 Å². The van der Waals surface area contributed by atoms with Crippen molar-refractivity contribution in [3.05, 3.63) is 137 Å². The van der Waals surface area contributed by atoms with E-state index >= 15 is 0 Å². The number of hydrogen-bond donors (Lipinski definition) is 4. The van der Waals surface area contributed by atoms with E-state index in [0.717, 1.165) is 28.3 Å². The molecule has 3 aliphatic rings. The number of imide groups is 1. The number of aliphatic imine (C=N–C) groups is 2. The second-order valence-corrected chi connectivity index (χ2v) is 19.4. The van der Waals surface area contributed by atoms with Crippen molar-refractivity contribution in [2.24, 2.45) is 9.98 Å². The number of unbranched alkanes of at least 4 members (excludes halogenated alkanes) is 1. The van der Waals surface area contributed by atoms with Crippen LogP contribution in [-0.2, 0) is 54.8 Å². The molecule has 3 aliphatic heterocycles. The van der Waals surface area contributed by atoms with Gasteiger partial charge in [0.2, 0.25) is 23.6 Å². The summed E-state index contributed by atoms with van der Waals surface area (Å²) in [5.74, 6) is -1.94. The minimum Gasteiger partial charge on any atom is -0.493 e. The maximum Gasteiger partial charge on any atom is 0.260 e. The molecule has 8 rings (SSSR count). The number of ether oxygens (including phenoxy) is 4. The fourth-order valence-electron chi connectivity index (χ4n) is 9.57. The number of carbonyl (C=O) groups is 8. The molecule has 0 saturated heterocycles. The highest BCUT2D eigenvalue weighted by atomic mass is 16.5. The molecule has 5 aromatic rings. The van der Waals surface area contributed by atoms with Crippen molar-refractivity contribution in [1.82, 2.24) is 20.9 Å². The highest BCUT2D eigenvalue weighted by molar-refractivity contribution is 6.13. The van der Waals surface area contributed by atoms with E-state index in [1.54, 1.807) is 41.3 Å². The number of likely N-dealkylation sites (N-methyl/N-ethyl adjacent to an activating group) is 1. The number of nitrogens with one attached hydrogen (secondary N) is 4. The fourth-order valence-corrected chi connectivity index (χ4v) is 9.57. The summed E-state index contributed by atoms with van der Waals surface area (Å²) in [5.41, 5.74) is 6.87. The number of carbonyl (C=O) groups excluding carboxylic acids is 8. The zero-order valence-electron chi connectivity index (χ0n) is 45.5. The predicted octanol–water partition coefficient (Wildman–Crippen LogP) is 6.13. The summed E-state index contributed by atoms with van der Waals surface area (Å²) in [6.07, 6.45) is 7.22. The van der Waals surface area contributed by atoms with E-state index in [1.165, 1.54) is 38.9 Å². The van der Waals surface area contributed by atoms with Crippen LogP contribution in [0.15, 0.2) is 113 Å². The quantitative estimate of drug-likeness (QED) is 0.0211. The molecule has 0 fully saturated rings. The molecule has 0 radical (unpaired) electrons. The molecule has 21 heteroatoms. The molecule has 420 valence electrons. The average molecular weight is 1100 g/mol. The highest BCUT2D eigenvalue weighted by Gasteiger charge is 2.29. The molecule has 0 aromatic heterocycles. The lowest BCUT2D eigenvalue weighted by atomic mass is 10.1. The van der Waals surface area contributed by atoms with Crippen molar-refractivity contribution >= 4 is 89.0 Å². The van der Waals surface area contributed by atoms with Gasteiger partial charge in [-0.15, -0.1) is 0 Å². The Bertz CT molecular complexity index is 3300. The van der Waals surface area contributed by atoms with Crippen molar-refractivity contribution in [1.29, 1.82) is 0 Å². The normalized spacial score (nSPS) is 14.5. The molecular weight excluding hydrogens is 1040 g/mol. The van der Waals surface area contributed by atoms with Gasteiger partial charge in [0, 0.05) is 92.6 Å². The molecule has 2 atom stereocenters. The Kier molecular flexibility index (Phi) is 19.0. The SMILES string of the molecule is C=Nc1cc(OCc2cc(COc3cc(/N=C\C4Cc5ccccc5N4C)c(C=O)cc3OC)cc(NC(=O)C(C)NC(=O)CNC(=O)CCCCC(=O)NCCN3C(=O)C=CC3=O)c2)c(OC)cc1C(=O)N1CCc2ccccc21. The summed E-state index contributed by atoms with van der Waals surface area (Å²) in [4.78, 5) is 115. The van der Waals surface area contributed by atoms with E-state index in [2.05, 4.69) is 50.0 Å². The van der Waals surface area contributed by atoms with Crippen LogP contribution in [0.1, 0.15) is 75.6 Å². The van der Waals surface area contributed by atoms with Crippen molar-refractivity contribution in [2.45, 2.75) is 70.7 Å². The number of nitrogens with zero attached hydrogens (tertiary/aromatic N) is 5. The van der Waals surface area contributed by atoms with Crippen LogP contribution in [0.3, 0.4) is 0 Å². The molecule has 0 aliphatic carbocycles. The summed E-state index contributed by atoms with van der Waals surface area (Å²) in [6, 6.07) is 26.2. The monoisotopic (exact) mass is 1100 g/mol. The van der Waals surface area contributed by atoms with E-state index in [4.69, 9.17) is 23.9 Å². The average Bonchev–Trinajstić information content (AvgIpc) is 4.29. The standard InChI is InChI=1S/C60H63N9O12/c1-37(65-56(73)33-64-55(72)17-11-10-16-54(71)62-21-23-69-57(74)18-19-58(69)75)59(76)66-43-25-38(35-80-52-30-46(42(34-70)28-50(52)78-4)63-32-44-27-41-13-7-8-14-48(41)67(44)3)24-39(26-43)36-81-53-31-47(61-2)45(29-51(53)79-5)60(77)68-22-20-40-12-6-9-15-49(40)68/h6-9,12-15,18-19,24-26,28-32,34,37,44H,2,10-11,16-17,20-23,27,33,35-36H2,1,3-5H3,(H,62,71)(H,64,72)(H,65,73)(H,66,76)/b63-32-. The van der Waals surface area contributed by atoms with Gasteiger partial charge in [-0.05, 0) is 104 Å². The van der Waals surface area contributed by atoms with Gasteiger partial charge in [-0.1, -0.05) is 36.4 Å². The minimum atomic E-state index is -1.06. The molecule has 4 N–H and O–H groups in total. The van der Waals surface area contributed by atoms with Crippen molar-refractivity contribution < 1.29 is 57.3 Å². The van der Waals surface area contributed by atoms with E-state index in [1.807, 2.05) is 55.7 Å². The molecule has 2 unspecified atom stereocenters. The first-order valence-corrected chi connectivity index (χ1v) is 26.3. The second-order valence-electron chi connectivity index (χ2n) is 19.4. The van der Waals surface area contributed by atoms with Gasteiger partial charge < -0.3 is 50.0 Å². The van der Waals surface area contributed by atoms with Crippen molar-refractivity contribution in [3.8, 4) is 23.0 Å². The lowest BCUT2D eigenvalue weighted by molar-refractivity contribution is -0.137. The molecule has 81 heavy (non-hydrogen) atoms. The number of aldehydes is 1. The number of para-hydroxylation sites is 2. The van der Waals surface area contributed by atoms with Crippen molar-refractivity contribution in [3.63, 3.8) is 0 Å². The topological polar surface area (TPSA) is 256 Å². The molecule has 0 saturated carbocycles. The molecule has 7 amide bonds. The van der Waals surface area contributed by atoms with Gasteiger partial charge in [0.25, 0.3) is 17.7 Å². The molecule has 3 heterocycles. The number of rotatable bonds is 26. The molecule has 0 bridgehead atoms. The number of benzene rings is 5. The highest BCUT2D eigenvalue weighted by Crippen LogP contribution is 2.39. The van der Waals surface area contributed by atoms with E-state index in [0.29, 0.717) is 65.9 Å². The van der Waals surface area contributed by atoms with Crippen LogP contribution in [0.4, 0.5) is 28.4 Å². The lowest BCUT2D eigenvalue weighted by Gasteiger charge is -2.20. The molecule has 21 nitrogen and oxygen atoms in total. The second kappa shape index (κ2) is 26.8. The summed E-state index contributed by atoms with van der Waals surface area (Å²) in [7, 11) is 4.92. The predicted molar refractivity (Wildman–Crippen MR) is 305 cm³/mol. The van der Waals surface area contributed by atoms with Crippen LogP contribution in [0.5, 0.6) is 23.0 Å². The first kappa shape index (κ1) is 57.5. The van der Waals surface area contributed by atoms with Gasteiger partial charge in [-0.3, -0.25) is 53.2 Å². The minimum absolute atomic E-state index is 0.0449. The number of hydrogen-bond acceptors (Lipinski definition) is 15. The number of amides is 7. The summed E-state index contributed by atoms with van der Waals surface area (Å²) >= 11 is 0. The number of fused-ring (bicyclic) bond motifs is 2. The zero-order chi connectivity index (χ0) is 57.6. The van der Waals surface area contributed by atoms with E-state index in [-0.39, 0.29) is 85.5 Å². The Labute approximate surface area is 468 Å². The van der Waals surface area contributed by atoms with Gasteiger partial charge in [-0.25, -0.2) is 0 Å². The fraction of sp³-hybridized carbons (Fsp3) is 0.300. The van der Waals surface area contributed by atoms with Gasteiger partial charge in [-0.2, -0.15) is 0 Å². The van der Waals surface area contributed by atoms with Gasteiger partial charge in [0.1, 0.15) is 19.3 Å². The van der Waals surface area contributed by atoms with Gasteiger partial charge >= 0.3 is 0 Å². The maximum absolute atomic E-state index is 14.0. The van der Waals surface area contributed by atoms with Gasteiger partial charge in [0.05, 0.1) is 43.7 Å². The van der Waals surface area contributed by atoms with Crippen LogP contribution < -0.4 is 50.0 Å². The van der Waals surface area contributed by atoms with Crippen LogP contribution >= 0.6 is 0 Å². The van der Waals surface area contributed by atoms with Crippen LogP contribution in [0.25, 0.3) is 0 Å². The smallest absolute Gasteiger partial charge is 0.260 e. The first-order valence-electron chi connectivity index (χ1n) is 26.3.